The largest absolute Gasteiger partial charge is 0.324 e. The lowest BCUT2D eigenvalue weighted by Gasteiger charge is -2.13. The second kappa shape index (κ2) is 3.49. The van der Waals surface area contributed by atoms with Gasteiger partial charge < -0.3 is 5.73 Å². The fourth-order valence-electron chi connectivity index (χ4n) is 0.618. The van der Waals surface area contributed by atoms with Gasteiger partial charge in [-0.15, -0.1) is 5.73 Å². The molecule has 0 aliphatic heterocycles. The van der Waals surface area contributed by atoms with Crippen LogP contribution in [0.5, 0.6) is 0 Å². The Balaban J connectivity index is 4.04. The minimum Gasteiger partial charge on any atom is -0.324 e. The lowest BCUT2D eigenvalue weighted by atomic mass is 9.99. The summed E-state index contributed by atoms with van der Waals surface area (Å²) in [5.74, 6) is 0.485. The summed E-state index contributed by atoms with van der Waals surface area (Å²) >= 11 is 0. The number of rotatable bonds is 2. The summed E-state index contributed by atoms with van der Waals surface area (Å²) in [6, 6.07) is 0.127. The van der Waals surface area contributed by atoms with Crippen LogP contribution >= 0.6 is 0 Å². The summed E-state index contributed by atoms with van der Waals surface area (Å²) in [5.41, 5.74) is 9.56. The zero-order valence-electron chi connectivity index (χ0n) is 6.44. The molecular weight excluding hydrogens is 110 g/mol. The third-order valence-corrected chi connectivity index (χ3v) is 1.50. The zero-order valence-corrected chi connectivity index (χ0v) is 6.44. The number of hydrogen-bond donors (Lipinski definition) is 1. The Kier molecular flexibility index (Phi) is 3.29. The Hall–Kier alpha value is -0.520. The molecule has 1 nitrogen and oxygen atoms in total. The highest BCUT2D eigenvalue weighted by Gasteiger charge is 2.07. The first-order chi connectivity index (χ1) is 4.09. The van der Waals surface area contributed by atoms with Gasteiger partial charge in [0.2, 0.25) is 0 Å². The van der Waals surface area contributed by atoms with E-state index in [1.54, 1.807) is 0 Å². The molecule has 0 unspecified atom stereocenters. The average molecular weight is 125 g/mol. The van der Waals surface area contributed by atoms with Crippen LogP contribution < -0.4 is 5.73 Å². The standard InChI is InChI=1S/C8H15N/c1-5-7(4)8(9)6(2)3/h6,8H,1,9H2,2-4H3/t8-/m0/s1. The van der Waals surface area contributed by atoms with E-state index in [9.17, 15) is 0 Å². The van der Waals surface area contributed by atoms with Crippen LogP contribution in [0, 0.1) is 5.92 Å². The van der Waals surface area contributed by atoms with Crippen molar-refractivity contribution in [3.63, 3.8) is 0 Å². The van der Waals surface area contributed by atoms with Crippen molar-refractivity contribution in [1.29, 1.82) is 0 Å². The van der Waals surface area contributed by atoms with Crippen LogP contribution in [-0.4, -0.2) is 6.04 Å². The normalized spacial score (nSPS) is 13.0. The van der Waals surface area contributed by atoms with Crippen LogP contribution in [0.25, 0.3) is 0 Å². The Morgan fingerprint density at radius 1 is 1.56 bits per heavy atom. The van der Waals surface area contributed by atoms with Crippen molar-refractivity contribution >= 4 is 0 Å². The van der Waals surface area contributed by atoms with Gasteiger partial charge in [-0.25, -0.2) is 0 Å². The SMILES string of the molecule is C=C=C(C)[C@@H](N)C(C)C. The predicted octanol–water partition coefficient (Wildman–Crippen LogP) is 1.70. The minimum atomic E-state index is 0.127. The van der Waals surface area contributed by atoms with Gasteiger partial charge in [-0.05, 0) is 18.4 Å². The van der Waals surface area contributed by atoms with Crippen LogP contribution in [0.4, 0.5) is 0 Å². The average Bonchev–Trinajstić information content (AvgIpc) is 1.84. The lowest BCUT2D eigenvalue weighted by Crippen LogP contribution is -2.26. The van der Waals surface area contributed by atoms with Gasteiger partial charge >= 0.3 is 0 Å². The first kappa shape index (κ1) is 8.48. The first-order valence-electron chi connectivity index (χ1n) is 3.21. The summed E-state index contributed by atoms with van der Waals surface area (Å²) in [6.45, 7) is 9.66. The Labute approximate surface area is 57.3 Å². The van der Waals surface area contributed by atoms with Crippen LogP contribution in [0.15, 0.2) is 17.9 Å². The van der Waals surface area contributed by atoms with Crippen molar-refractivity contribution in [1.82, 2.24) is 0 Å². The Morgan fingerprint density at radius 3 is 2.11 bits per heavy atom. The summed E-state index contributed by atoms with van der Waals surface area (Å²) in [5, 5.41) is 0. The van der Waals surface area contributed by atoms with Crippen LogP contribution in [0.1, 0.15) is 20.8 Å². The van der Waals surface area contributed by atoms with Gasteiger partial charge in [0.05, 0.1) is 0 Å². The molecule has 1 atom stereocenters. The summed E-state index contributed by atoms with van der Waals surface area (Å²) in [7, 11) is 0. The van der Waals surface area contributed by atoms with Gasteiger partial charge in [0.25, 0.3) is 0 Å². The van der Waals surface area contributed by atoms with Gasteiger partial charge in [-0.1, -0.05) is 20.4 Å². The molecule has 0 amide bonds. The van der Waals surface area contributed by atoms with E-state index >= 15 is 0 Å². The number of nitrogens with two attached hydrogens (primary N) is 1. The topological polar surface area (TPSA) is 26.0 Å². The van der Waals surface area contributed by atoms with Crippen molar-refractivity contribution in [3.8, 4) is 0 Å². The molecular formula is C8H15N. The maximum atomic E-state index is 5.73. The molecule has 2 N–H and O–H groups in total. The third kappa shape index (κ3) is 2.50. The molecule has 0 heterocycles. The van der Waals surface area contributed by atoms with Gasteiger partial charge in [0.15, 0.2) is 0 Å². The number of hydrogen-bond acceptors (Lipinski definition) is 1. The fraction of sp³-hybridized carbons (Fsp3) is 0.625. The summed E-state index contributed by atoms with van der Waals surface area (Å²) in [4.78, 5) is 0. The molecule has 52 valence electrons. The maximum Gasteiger partial charge on any atom is 0.0350 e. The highest BCUT2D eigenvalue weighted by molar-refractivity contribution is 5.04. The Morgan fingerprint density at radius 2 is 2.00 bits per heavy atom. The summed E-state index contributed by atoms with van der Waals surface area (Å²) < 4.78 is 0. The highest BCUT2D eigenvalue weighted by Crippen LogP contribution is 2.06. The summed E-state index contributed by atoms with van der Waals surface area (Å²) in [6.07, 6.45) is 0. The van der Waals surface area contributed by atoms with Gasteiger partial charge in [-0.3, -0.25) is 0 Å². The molecule has 0 saturated carbocycles. The van der Waals surface area contributed by atoms with E-state index in [1.165, 1.54) is 0 Å². The molecule has 0 aliphatic rings. The van der Waals surface area contributed by atoms with E-state index in [2.05, 4.69) is 26.2 Å². The molecule has 0 bridgehead atoms. The minimum absolute atomic E-state index is 0.127. The van der Waals surface area contributed by atoms with Crippen molar-refractivity contribution < 1.29 is 0 Å². The van der Waals surface area contributed by atoms with Gasteiger partial charge in [0, 0.05) is 6.04 Å². The monoisotopic (exact) mass is 125 g/mol. The highest BCUT2D eigenvalue weighted by atomic mass is 14.6. The van der Waals surface area contributed by atoms with E-state index < -0.39 is 0 Å². The lowest BCUT2D eigenvalue weighted by molar-refractivity contribution is 0.549. The zero-order chi connectivity index (χ0) is 7.44. The fourth-order valence-corrected chi connectivity index (χ4v) is 0.618. The maximum absolute atomic E-state index is 5.73. The van der Waals surface area contributed by atoms with Crippen molar-refractivity contribution in [2.24, 2.45) is 11.7 Å². The van der Waals surface area contributed by atoms with Crippen LogP contribution in [-0.2, 0) is 0 Å². The first-order valence-corrected chi connectivity index (χ1v) is 3.21. The third-order valence-electron chi connectivity index (χ3n) is 1.50. The molecule has 0 aromatic heterocycles. The molecule has 0 aromatic carbocycles. The van der Waals surface area contributed by atoms with Crippen molar-refractivity contribution in [2.45, 2.75) is 26.8 Å². The molecule has 1 heteroatoms. The second-order valence-electron chi connectivity index (χ2n) is 2.63. The molecule has 0 aliphatic carbocycles. The van der Waals surface area contributed by atoms with E-state index in [1.807, 2.05) is 6.92 Å². The predicted molar refractivity (Wildman–Crippen MR) is 41.1 cm³/mol. The van der Waals surface area contributed by atoms with Crippen molar-refractivity contribution in [3.05, 3.63) is 17.9 Å². The smallest absolute Gasteiger partial charge is 0.0350 e. The van der Waals surface area contributed by atoms with Gasteiger partial charge in [0.1, 0.15) is 0 Å². The molecule has 0 saturated heterocycles. The van der Waals surface area contributed by atoms with Gasteiger partial charge in [-0.2, -0.15) is 0 Å². The van der Waals surface area contributed by atoms with E-state index in [0.717, 1.165) is 5.57 Å². The second-order valence-corrected chi connectivity index (χ2v) is 2.63. The van der Waals surface area contributed by atoms with E-state index in [0.29, 0.717) is 5.92 Å². The van der Waals surface area contributed by atoms with Crippen LogP contribution in [0.2, 0.25) is 0 Å². The van der Waals surface area contributed by atoms with E-state index in [4.69, 9.17) is 5.73 Å². The van der Waals surface area contributed by atoms with E-state index in [-0.39, 0.29) is 6.04 Å². The van der Waals surface area contributed by atoms with Crippen molar-refractivity contribution in [2.75, 3.05) is 0 Å². The molecule has 0 rings (SSSR count). The molecule has 0 fully saturated rings. The molecule has 0 spiro atoms. The van der Waals surface area contributed by atoms with Crippen LogP contribution in [0.3, 0.4) is 0 Å². The quantitative estimate of drug-likeness (QED) is 0.558. The molecule has 0 aromatic rings. The molecule has 0 radical (unpaired) electrons. The molecule has 9 heavy (non-hydrogen) atoms. The Bertz CT molecular complexity index is 130.